The summed E-state index contributed by atoms with van der Waals surface area (Å²) in [7, 11) is 0. The molecule has 144 valence electrons. The van der Waals surface area contributed by atoms with Gasteiger partial charge >= 0.3 is 5.97 Å². The maximum atomic E-state index is 13.3. The minimum absolute atomic E-state index is 0.0485. The van der Waals surface area contributed by atoms with E-state index in [9.17, 15) is 9.59 Å². The van der Waals surface area contributed by atoms with Gasteiger partial charge in [0.1, 0.15) is 5.58 Å². The highest BCUT2D eigenvalue weighted by atomic mass is 16.5. The number of fused-ring (bicyclic) bond motifs is 1. The van der Waals surface area contributed by atoms with Gasteiger partial charge in [-0.15, -0.1) is 0 Å². The normalized spacial score (nSPS) is 22.6. The number of rotatable bonds is 6. The van der Waals surface area contributed by atoms with Crippen LogP contribution in [0.1, 0.15) is 56.0 Å². The van der Waals surface area contributed by atoms with Crippen LogP contribution in [0.25, 0.3) is 11.0 Å². The van der Waals surface area contributed by atoms with Crippen LogP contribution < -0.4 is 0 Å². The Labute approximate surface area is 159 Å². The molecule has 2 aromatic rings. The van der Waals surface area contributed by atoms with Gasteiger partial charge in [0.05, 0.1) is 12.5 Å². The summed E-state index contributed by atoms with van der Waals surface area (Å²) in [6.07, 6.45) is 6.42. The molecule has 5 nitrogen and oxygen atoms in total. The van der Waals surface area contributed by atoms with Crippen molar-refractivity contribution in [2.75, 3.05) is 13.2 Å². The molecular formula is C22H27NO4. The third-order valence-corrected chi connectivity index (χ3v) is 5.86. The fraction of sp³-hybridized carbons (Fsp3) is 0.545. The highest BCUT2D eigenvalue weighted by Gasteiger charge is 2.46. The number of furan rings is 1. The lowest BCUT2D eigenvalue weighted by molar-refractivity contribution is -0.145. The van der Waals surface area contributed by atoms with E-state index < -0.39 is 0 Å². The number of hydrogen-bond donors (Lipinski definition) is 0. The average molecular weight is 369 g/mol. The van der Waals surface area contributed by atoms with Gasteiger partial charge in [0.2, 0.25) is 0 Å². The van der Waals surface area contributed by atoms with Gasteiger partial charge in [-0.25, -0.2) is 0 Å². The minimum Gasteiger partial charge on any atom is -0.466 e. The minimum atomic E-state index is -0.123. The first kappa shape index (κ1) is 18.1. The number of nitrogens with zero attached hydrogens (tertiary/aromatic N) is 1. The zero-order valence-corrected chi connectivity index (χ0v) is 15.9. The van der Waals surface area contributed by atoms with Crippen molar-refractivity contribution in [2.45, 2.75) is 51.5 Å². The molecule has 1 aromatic heterocycles. The molecule has 5 heteroatoms. The first-order chi connectivity index (χ1) is 13.2. The molecule has 0 bridgehead atoms. The fourth-order valence-electron chi connectivity index (χ4n) is 4.26. The summed E-state index contributed by atoms with van der Waals surface area (Å²) in [5, 5.41) is 0.945. The van der Waals surface area contributed by atoms with Crippen LogP contribution in [-0.4, -0.2) is 36.0 Å². The van der Waals surface area contributed by atoms with Crippen LogP contribution in [0.3, 0.4) is 0 Å². The van der Waals surface area contributed by atoms with Gasteiger partial charge in [-0.1, -0.05) is 37.5 Å². The lowest BCUT2D eigenvalue weighted by Crippen LogP contribution is -2.43. The number of benzene rings is 1. The number of amides is 1. The maximum Gasteiger partial charge on any atom is 0.309 e. The van der Waals surface area contributed by atoms with E-state index in [2.05, 4.69) is 0 Å². The van der Waals surface area contributed by atoms with E-state index in [0.717, 1.165) is 43.1 Å². The predicted molar refractivity (Wildman–Crippen MR) is 102 cm³/mol. The Morgan fingerprint density at radius 3 is 2.70 bits per heavy atom. The van der Waals surface area contributed by atoms with Gasteiger partial charge in [-0.05, 0) is 44.2 Å². The van der Waals surface area contributed by atoms with Gasteiger partial charge in [-0.3, -0.25) is 9.59 Å². The van der Waals surface area contributed by atoms with Crippen molar-refractivity contribution in [1.82, 2.24) is 4.90 Å². The van der Waals surface area contributed by atoms with E-state index >= 15 is 0 Å². The summed E-state index contributed by atoms with van der Waals surface area (Å²) < 4.78 is 11.0. The van der Waals surface area contributed by atoms with Crippen molar-refractivity contribution in [3.63, 3.8) is 0 Å². The van der Waals surface area contributed by atoms with Crippen LogP contribution in [0.4, 0.5) is 0 Å². The molecular weight excluding hydrogens is 342 g/mol. The van der Waals surface area contributed by atoms with Crippen LogP contribution >= 0.6 is 0 Å². The van der Waals surface area contributed by atoms with E-state index in [1.165, 1.54) is 6.42 Å². The summed E-state index contributed by atoms with van der Waals surface area (Å²) in [4.78, 5) is 27.3. The number of ether oxygens (including phenoxy) is 1. The SMILES string of the molecule is CCOC(=O)[C@H]1C[C@@H]1CN(C(=O)c1cc2ccccc2o1)C1CCCCC1. The van der Waals surface area contributed by atoms with Crippen LogP contribution in [0.2, 0.25) is 0 Å². The number of para-hydroxylation sites is 1. The highest BCUT2D eigenvalue weighted by Crippen LogP contribution is 2.41. The topological polar surface area (TPSA) is 59.8 Å². The maximum absolute atomic E-state index is 13.3. The molecule has 0 N–H and O–H groups in total. The smallest absolute Gasteiger partial charge is 0.309 e. The van der Waals surface area contributed by atoms with Crippen LogP contribution in [0.5, 0.6) is 0 Å². The molecule has 2 aliphatic rings. The van der Waals surface area contributed by atoms with Crippen LogP contribution in [-0.2, 0) is 9.53 Å². The molecule has 0 unspecified atom stereocenters. The van der Waals surface area contributed by atoms with Crippen molar-refractivity contribution >= 4 is 22.8 Å². The molecule has 1 amide bonds. The van der Waals surface area contributed by atoms with Crippen molar-refractivity contribution < 1.29 is 18.7 Å². The van der Waals surface area contributed by atoms with Crippen molar-refractivity contribution in [3.05, 3.63) is 36.1 Å². The second kappa shape index (κ2) is 7.75. The largest absolute Gasteiger partial charge is 0.466 e. The number of hydrogen-bond acceptors (Lipinski definition) is 4. The third kappa shape index (κ3) is 3.87. The Balaban J connectivity index is 1.52. The molecule has 2 saturated carbocycles. The standard InChI is InChI=1S/C22H27NO4/c1-2-26-22(25)18-12-16(18)14-23(17-9-4-3-5-10-17)21(24)20-13-15-8-6-7-11-19(15)27-20/h6-8,11,13,16-18H,2-5,9-10,12,14H2,1H3/t16-,18+/m1/s1. The van der Waals surface area contributed by atoms with Crippen molar-refractivity contribution in [2.24, 2.45) is 11.8 Å². The van der Waals surface area contributed by atoms with E-state index in [4.69, 9.17) is 9.15 Å². The van der Waals surface area contributed by atoms with Gasteiger partial charge in [0.15, 0.2) is 5.76 Å². The molecule has 2 fully saturated rings. The number of carbonyl (C=O) groups is 2. The Kier molecular flexibility index (Phi) is 5.19. The van der Waals surface area contributed by atoms with E-state index in [-0.39, 0.29) is 29.8 Å². The Bertz CT molecular complexity index is 788. The molecule has 1 aromatic carbocycles. The van der Waals surface area contributed by atoms with Crippen LogP contribution in [0, 0.1) is 11.8 Å². The van der Waals surface area contributed by atoms with Crippen molar-refractivity contribution in [1.29, 1.82) is 0 Å². The molecule has 0 aliphatic heterocycles. The number of esters is 1. The Morgan fingerprint density at radius 2 is 1.96 bits per heavy atom. The first-order valence-corrected chi connectivity index (χ1v) is 10.1. The average Bonchev–Trinajstić information content (AvgIpc) is 3.34. The lowest BCUT2D eigenvalue weighted by Gasteiger charge is -2.34. The van der Waals surface area contributed by atoms with E-state index in [1.54, 1.807) is 0 Å². The summed E-state index contributed by atoms with van der Waals surface area (Å²) in [6, 6.07) is 9.77. The van der Waals surface area contributed by atoms with E-state index in [1.807, 2.05) is 42.2 Å². The van der Waals surface area contributed by atoms with Gasteiger partial charge in [-0.2, -0.15) is 0 Å². The fourth-order valence-corrected chi connectivity index (χ4v) is 4.26. The second-order valence-corrected chi connectivity index (χ2v) is 7.75. The lowest BCUT2D eigenvalue weighted by atomic mass is 9.93. The zero-order chi connectivity index (χ0) is 18.8. The Morgan fingerprint density at radius 1 is 1.19 bits per heavy atom. The molecule has 2 aliphatic carbocycles. The van der Waals surface area contributed by atoms with Crippen LogP contribution in [0.15, 0.2) is 34.7 Å². The molecule has 1 heterocycles. The molecule has 0 radical (unpaired) electrons. The summed E-state index contributed by atoms with van der Waals surface area (Å²) in [6.45, 7) is 2.85. The quantitative estimate of drug-likeness (QED) is 0.708. The van der Waals surface area contributed by atoms with Gasteiger partial charge < -0.3 is 14.1 Å². The first-order valence-electron chi connectivity index (χ1n) is 10.1. The summed E-state index contributed by atoms with van der Waals surface area (Å²) >= 11 is 0. The monoisotopic (exact) mass is 369 g/mol. The second-order valence-electron chi connectivity index (χ2n) is 7.75. The third-order valence-electron chi connectivity index (χ3n) is 5.86. The molecule has 27 heavy (non-hydrogen) atoms. The number of carbonyl (C=O) groups excluding carboxylic acids is 2. The van der Waals surface area contributed by atoms with Crippen molar-refractivity contribution in [3.8, 4) is 0 Å². The van der Waals surface area contributed by atoms with Gasteiger partial charge in [0.25, 0.3) is 5.91 Å². The van der Waals surface area contributed by atoms with Gasteiger partial charge in [0, 0.05) is 18.0 Å². The molecule has 0 saturated heterocycles. The molecule has 4 rings (SSSR count). The molecule has 2 atom stereocenters. The highest BCUT2D eigenvalue weighted by molar-refractivity contribution is 5.96. The zero-order valence-electron chi connectivity index (χ0n) is 15.9. The molecule has 0 spiro atoms. The summed E-state index contributed by atoms with van der Waals surface area (Å²) in [5.74, 6) is 0.379. The Hall–Kier alpha value is -2.30. The van der Waals surface area contributed by atoms with E-state index in [0.29, 0.717) is 18.9 Å². The summed E-state index contributed by atoms with van der Waals surface area (Å²) in [5.41, 5.74) is 0.736. The predicted octanol–water partition coefficient (Wildman–Crippen LogP) is 4.41.